The van der Waals surface area contributed by atoms with Crippen LogP contribution in [0.2, 0.25) is 0 Å². The highest BCUT2D eigenvalue weighted by Crippen LogP contribution is 2.34. The van der Waals surface area contributed by atoms with E-state index in [2.05, 4.69) is 0 Å². The van der Waals surface area contributed by atoms with Gasteiger partial charge in [-0.15, -0.1) is 0 Å². The number of hydrogen-bond donors (Lipinski definition) is 1. The maximum atomic E-state index is 13.5. The molecule has 1 unspecified atom stereocenters. The highest BCUT2D eigenvalue weighted by molar-refractivity contribution is 5.99. The molecule has 2 N–H and O–H groups in total. The fraction of sp³-hybridized carbons (Fsp3) is 0.417. The van der Waals surface area contributed by atoms with Crippen LogP contribution in [-0.4, -0.2) is 26.5 Å². The summed E-state index contributed by atoms with van der Waals surface area (Å²) in [5.74, 6) is 0.444. The van der Waals surface area contributed by atoms with Crippen LogP contribution in [0.4, 0.5) is 4.39 Å². The summed E-state index contributed by atoms with van der Waals surface area (Å²) in [7, 11) is 2.90. The molecule has 0 saturated heterocycles. The minimum absolute atomic E-state index is 0.171. The lowest BCUT2D eigenvalue weighted by molar-refractivity contribution is 0.0998. The number of methoxy groups -OCH3 is 2. The number of alkyl halides is 1. The zero-order valence-electron chi connectivity index (χ0n) is 10.1. The summed E-state index contributed by atoms with van der Waals surface area (Å²) in [4.78, 5) is 11.6. The molecule has 1 rings (SSSR count). The van der Waals surface area contributed by atoms with Gasteiger partial charge in [-0.1, -0.05) is 0 Å². The first-order valence-corrected chi connectivity index (χ1v) is 5.18. The lowest BCUT2D eigenvalue weighted by Gasteiger charge is -2.14. The summed E-state index contributed by atoms with van der Waals surface area (Å²) >= 11 is 0. The predicted octanol–water partition coefficient (Wildman–Crippen LogP) is 1.88. The summed E-state index contributed by atoms with van der Waals surface area (Å²) in [5.41, 5.74) is 5.79. The number of benzene rings is 1. The smallest absolute Gasteiger partial charge is 0.176 e. The molecule has 0 spiro atoms. The van der Waals surface area contributed by atoms with E-state index in [0.29, 0.717) is 11.5 Å². The quantitative estimate of drug-likeness (QED) is 0.799. The Labute approximate surface area is 99.5 Å². The highest BCUT2D eigenvalue weighted by Gasteiger charge is 2.19. The lowest BCUT2D eigenvalue weighted by atomic mass is 9.99. The number of nitrogens with two attached hydrogens (primary N) is 1. The van der Waals surface area contributed by atoms with Crippen molar-refractivity contribution in [2.24, 2.45) is 5.73 Å². The van der Waals surface area contributed by atoms with Gasteiger partial charge in [-0.3, -0.25) is 4.79 Å². The molecular weight excluding hydrogens is 225 g/mol. The van der Waals surface area contributed by atoms with Gasteiger partial charge in [0.1, 0.15) is 6.17 Å². The third-order valence-corrected chi connectivity index (χ3v) is 2.47. The van der Waals surface area contributed by atoms with E-state index in [1.54, 1.807) is 0 Å². The van der Waals surface area contributed by atoms with Crippen molar-refractivity contribution in [1.29, 1.82) is 0 Å². The Morgan fingerprint density at radius 2 is 1.88 bits per heavy atom. The van der Waals surface area contributed by atoms with Crippen LogP contribution in [0, 0.1) is 0 Å². The number of carbonyl (C=O) groups is 1. The van der Waals surface area contributed by atoms with E-state index < -0.39 is 6.17 Å². The first-order valence-electron chi connectivity index (χ1n) is 5.18. The maximum absolute atomic E-state index is 13.5. The third-order valence-electron chi connectivity index (χ3n) is 2.47. The molecular formula is C12H16FNO3. The molecule has 0 radical (unpaired) electrons. The van der Waals surface area contributed by atoms with E-state index in [9.17, 15) is 9.18 Å². The number of Topliss-reactive ketones (excluding diaryl/α,β-unsaturated/α-hetero) is 1. The molecule has 0 aliphatic carbocycles. The van der Waals surface area contributed by atoms with E-state index in [1.165, 1.54) is 33.3 Å². The summed E-state index contributed by atoms with van der Waals surface area (Å²) in [6, 6.07) is 2.92. The first kappa shape index (κ1) is 13.4. The van der Waals surface area contributed by atoms with Crippen molar-refractivity contribution in [3.8, 4) is 11.5 Å². The molecule has 0 saturated carbocycles. The molecule has 94 valence electrons. The Morgan fingerprint density at radius 3 is 2.29 bits per heavy atom. The summed E-state index contributed by atoms with van der Waals surface area (Å²) < 4.78 is 23.6. The monoisotopic (exact) mass is 241 g/mol. The minimum atomic E-state index is -1.28. The van der Waals surface area contributed by atoms with Gasteiger partial charge in [-0.25, -0.2) is 4.39 Å². The van der Waals surface area contributed by atoms with Crippen molar-refractivity contribution in [2.75, 3.05) is 20.8 Å². The van der Waals surface area contributed by atoms with Gasteiger partial charge < -0.3 is 15.2 Å². The van der Waals surface area contributed by atoms with Crippen molar-refractivity contribution in [2.45, 2.75) is 13.1 Å². The molecule has 0 aliphatic rings. The van der Waals surface area contributed by atoms with Gasteiger partial charge in [0.05, 0.1) is 20.8 Å². The van der Waals surface area contributed by atoms with E-state index >= 15 is 0 Å². The number of carbonyl (C=O) groups excluding carboxylic acids is 1. The molecule has 0 aliphatic heterocycles. The second kappa shape index (κ2) is 5.63. The molecule has 5 heteroatoms. The fourth-order valence-corrected chi connectivity index (χ4v) is 1.58. The number of ether oxygens (including phenoxy) is 2. The van der Waals surface area contributed by atoms with Gasteiger partial charge in [-0.2, -0.15) is 0 Å². The Hall–Kier alpha value is -1.62. The Morgan fingerprint density at radius 1 is 1.35 bits per heavy atom. The SMILES string of the molecule is COc1cc(C(=O)CN)c(C(C)F)cc1OC. The van der Waals surface area contributed by atoms with E-state index in [0.717, 1.165) is 0 Å². The minimum Gasteiger partial charge on any atom is -0.493 e. The number of halogens is 1. The summed E-state index contributed by atoms with van der Waals surface area (Å²) in [6.07, 6.45) is -1.28. The van der Waals surface area contributed by atoms with Crippen molar-refractivity contribution in [3.63, 3.8) is 0 Å². The van der Waals surface area contributed by atoms with Gasteiger partial charge in [0.25, 0.3) is 0 Å². The normalized spacial score (nSPS) is 12.1. The van der Waals surface area contributed by atoms with Crippen LogP contribution in [0.3, 0.4) is 0 Å². The van der Waals surface area contributed by atoms with Crippen LogP contribution >= 0.6 is 0 Å². The van der Waals surface area contributed by atoms with E-state index in [1.807, 2.05) is 0 Å². The molecule has 0 bridgehead atoms. The van der Waals surface area contributed by atoms with E-state index in [-0.39, 0.29) is 23.5 Å². The van der Waals surface area contributed by atoms with Crippen LogP contribution < -0.4 is 15.2 Å². The maximum Gasteiger partial charge on any atom is 0.176 e. The Bertz CT molecular complexity index is 418. The Kier molecular flexibility index (Phi) is 4.45. The van der Waals surface area contributed by atoms with Crippen LogP contribution in [0.1, 0.15) is 29.0 Å². The zero-order valence-corrected chi connectivity index (χ0v) is 10.1. The fourth-order valence-electron chi connectivity index (χ4n) is 1.58. The van der Waals surface area contributed by atoms with Gasteiger partial charge >= 0.3 is 0 Å². The van der Waals surface area contributed by atoms with Crippen LogP contribution in [0.25, 0.3) is 0 Å². The van der Waals surface area contributed by atoms with Gasteiger partial charge in [0.15, 0.2) is 17.3 Å². The standard InChI is InChI=1S/C12H16FNO3/c1-7(13)8-4-11(16-2)12(17-3)5-9(8)10(15)6-14/h4-5,7H,6,14H2,1-3H3. The largest absolute Gasteiger partial charge is 0.493 e. The summed E-state index contributed by atoms with van der Waals surface area (Å²) in [5, 5.41) is 0. The average Bonchev–Trinajstić information content (AvgIpc) is 2.35. The van der Waals surface area contributed by atoms with E-state index in [4.69, 9.17) is 15.2 Å². The molecule has 0 heterocycles. The highest BCUT2D eigenvalue weighted by atomic mass is 19.1. The molecule has 0 fully saturated rings. The van der Waals surface area contributed by atoms with Crippen molar-refractivity contribution in [3.05, 3.63) is 23.3 Å². The molecule has 1 atom stereocenters. The number of rotatable bonds is 5. The van der Waals surface area contributed by atoms with Gasteiger partial charge in [-0.05, 0) is 19.1 Å². The van der Waals surface area contributed by atoms with Gasteiger partial charge in [0.2, 0.25) is 0 Å². The summed E-state index contributed by atoms with van der Waals surface area (Å²) in [6.45, 7) is 1.18. The Balaban J connectivity index is 3.40. The lowest BCUT2D eigenvalue weighted by Crippen LogP contribution is -2.16. The number of hydrogen-bond acceptors (Lipinski definition) is 4. The van der Waals surface area contributed by atoms with Gasteiger partial charge in [0, 0.05) is 11.1 Å². The topological polar surface area (TPSA) is 61.5 Å². The predicted molar refractivity (Wildman–Crippen MR) is 62.5 cm³/mol. The molecule has 1 aromatic rings. The average molecular weight is 241 g/mol. The van der Waals surface area contributed by atoms with Crippen molar-refractivity contribution >= 4 is 5.78 Å². The first-order chi connectivity index (χ1) is 8.04. The van der Waals surface area contributed by atoms with Crippen molar-refractivity contribution in [1.82, 2.24) is 0 Å². The second-order valence-electron chi connectivity index (χ2n) is 3.54. The van der Waals surface area contributed by atoms with Crippen molar-refractivity contribution < 1.29 is 18.7 Å². The van der Waals surface area contributed by atoms with Crippen LogP contribution in [0.5, 0.6) is 11.5 Å². The van der Waals surface area contributed by atoms with Crippen LogP contribution in [-0.2, 0) is 0 Å². The molecule has 0 amide bonds. The molecule has 1 aromatic carbocycles. The molecule has 4 nitrogen and oxygen atoms in total. The molecule has 17 heavy (non-hydrogen) atoms. The molecule has 0 aromatic heterocycles. The number of ketones is 1. The third kappa shape index (κ3) is 2.74. The second-order valence-corrected chi connectivity index (χ2v) is 3.54. The zero-order chi connectivity index (χ0) is 13.0. The van der Waals surface area contributed by atoms with Crippen LogP contribution in [0.15, 0.2) is 12.1 Å².